The summed E-state index contributed by atoms with van der Waals surface area (Å²) < 4.78 is 0. The fraction of sp³-hybridized carbons (Fsp3) is 0.700. The maximum Gasteiger partial charge on any atom is 0.0138 e. The Kier molecular flexibility index (Phi) is 5.35. The van der Waals surface area contributed by atoms with Gasteiger partial charge in [0.05, 0.1) is 0 Å². The van der Waals surface area contributed by atoms with Gasteiger partial charge in [0.15, 0.2) is 0 Å². The van der Waals surface area contributed by atoms with Crippen molar-refractivity contribution in [2.75, 3.05) is 6.54 Å². The molecule has 2 aliphatic rings. The third-order valence-electron chi connectivity index (χ3n) is 5.68. The molecular formula is C20H31N. The summed E-state index contributed by atoms with van der Waals surface area (Å²) in [7, 11) is 0. The number of fused-ring (bicyclic) bond motifs is 1. The number of benzene rings is 1. The number of nitrogens with one attached hydrogen (secondary N) is 1. The molecule has 2 aliphatic carbocycles. The Morgan fingerprint density at radius 1 is 1.05 bits per heavy atom. The van der Waals surface area contributed by atoms with Crippen LogP contribution in [0.3, 0.4) is 0 Å². The summed E-state index contributed by atoms with van der Waals surface area (Å²) in [6, 6.07) is 9.89. The molecule has 0 bridgehead atoms. The average molecular weight is 285 g/mol. The Balaban J connectivity index is 1.74. The summed E-state index contributed by atoms with van der Waals surface area (Å²) in [5.41, 5.74) is 3.26. The molecule has 21 heavy (non-hydrogen) atoms. The zero-order chi connectivity index (χ0) is 14.5. The highest BCUT2D eigenvalue weighted by Crippen LogP contribution is 2.38. The molecule has 1 aromatic carbocycles. The second-order valence-corrected chi connectivity index (χ2v) is 7.10. The fourth-order valence-electron chi connectivity index (χ4n) is 4.64. The van der Waals surface area contributed by atoms with Gasteiger partial charge >= 0.3 is 0 Å². The first kappa shape index (κ1) is 15.1. The van der Waals surface area contributed by atoms with Crippen molar-refractivity contribution in [2.24, 2.45) is 5.92 Å². The Labute approximate surface area is 130 Å². The van der Waals surface area contributed by atoms with Crippen molar-refractivity contribution in [3.8, 4) is 0 Å². The van der Waals surface area contributed by atoms with Crippen LogP contribution >= 0.6 is 0 Å². The van der Waals surface area contributed by atoms with Crippen molar-refractivity contribution >= 4 is 0 Å². The van der Waals surface area contributed by atoms with E-state index in [2.05, 4.69) is 36.5 Å². The molecule has 1 fully saturated rings. The second-order valence-electron chi connectivity index (χ2n) is 7.10. The van der Waals surface area contributed by atoms with Gasteiger partial charge in [-0.05, 0) is 55.2 Å². The highest BCUT2D eigenvalue weighted by molar-refractivity contribution is 5.33. The van der Waals surface area contributed by atoms with Gasteiger partial charge in [-0.3, -0.25) is 0 Å². The largest absolute Gasteiger partial charge is 0.314 e. The van der Waals surface area contributed by atoms with Crippen LogP contribution in [0.4, 0.5) is 0 Å². The van der Waals surface area contributed by atoms with Crippen LogP contribution in [0.5, 0.6) is 0 Å². The van der Waals surface area contributed by atoms with E-state index in [0.717, 1.165) is 18.4 Å². The summed E-state index contributed by atoms with van der Waals surface area (Å²) >= 11 is 0. The Bertz CT molecular complexity index is 433. The molecule has 0 radical (unpaired) electrons. The number of hydrogen-bond donors (Lipinski definition) is 1. The lowest BCUT2D eigenvalue weighted by Gasteiger charge is -2.36. The molecule has 2 atom stereocenters. The maximum absolute atomic E-state index is 3.84. The lowest BCUT2D eigenvalue weighted by atomic mass is 9.74. The first-order valence-corrected chi connectivity index (χ1v) is 9.19. The smallest absolute Gasteiger partial charge is 0.0138 e. The van der Waals surface area contributed by atoms with Gasteiger partial charge in [0.2, 0.25) is 0 Å². The third-order valence-corrected chi connectivity index (χ3v) is 5.68. The van der Waals surface area contributed by atoms with Gasteiger partial charge < -0.3 is 5.32 Å². The van der Waals surface area contributed by atoms with Crippen LogP contribution in [-0.2, 0) is 6.42 Å². The van der Waals surface area contributed by atoms with Gasteiger partial charge in [0, 0.05) is 6.04 Å². The van der Waals surface area contributed by atoms with E-state index in [-0.39, 0.29) is 0 Å². The van der Waals surface area contributed by atoms with Crippen molar-refractivity contribution in [1.82, 2.24) is 5.32 Å². The van der Waals surface area contributed by atoms with Crippen LogP contribution in [0, 0.1) is 5.92 Å². The highest BCUT2D eigenvalue weighted by atomic mass is 14.9. The summed E-state index contributed by atoms with van der Waals surface area (Å²) in [5, 5.41) is 3.84. The highest BCUT2D eigenvalue weighted by Gasteiger charge is 2.29. The predicted molar refractivity (Wildman–Crippen MR) is 90.8 cm³/mol. The molecular weight excluding hydrogens is 254 g/mol. The molecule has 0 spiro atoms. The van der Waals surface area contributed by atoms with E-state index in [4.69, 9.17) is 0 Å². The number of likely N-dealkylation sites (N-methyl/N-ethyl adjacent to an activating group) is 1. The predicted octanol–water partition coefficient (Wildman–Crippen LogP) is 5.06. The van der Waals surface area contributed by atoms with Crippen molar-refractivity contribution in [1.29, 1.82) is 0 Å². The van der Waals surface area contributed by atoms with Gasteiger partial charge in [-0.15, -0.1) is 0 Å². The van der Waals surface area contributed by atoms with Crippen LogP contribution in [0.1, 0.15) is 75.3 Å². The van der Waals surface area contributed by atoms with Gasteiger partial charge in [0.25, 0.3) is 0 Å². The van der Waals surface area contributed by atoms with Crippen molar-refractivity contribution in [2.45, 2.75) is 76.7 Å². The van der Waals surface area contributed by atoms with Crippen LogP contribution < -0.4 is 5.32 Å². The van der Waals surface area contributed by atoms with Crippen molar-refractivity contribution < 1.29 is 0 Å². The second kappa shape index (κ2) is 7.45. The Morgan fingerprint density at radius 2 is 1.86 bits per heavy atom. The van der Waals surface area contributed by atoms with E-state index in [1.807, 2.05) is 0 Å². The molecule has 1 saturated carbocycles. The van der Waals surface area contributed by atoms with Gasteiger partial charge in [0.1, 0.15) is 0 Å². The average Bonchev–Trinajstić information content (AvgIpc) is 2.55. The van der Waals surface area contributed by atoms with E-state index >= 15 is 0 Å². The monoisotopic (exact) mass is 285 g/mol. The van der Waals surface area contributed by atoms with E-state index < -0.39 is 0 Å². The van der Waals surface area contributed by atoms with Crippen LogP contribution in [0.15, 0.2) is 24.3 Å². The quantitative estimate of drug-likeness (QED) is 0.798. The minimum absolute atomic E-state index is 0.694. The third kappa shape index (κ3) is 3.69. The van der Waals surface area contributed by atoms with Crippen LogP contribution in [-0.4, -0.2) is 12.6 Å². The standard InChI is InChI=1S/C20H31N/c1-2-21-20(15-16-9-4-3-5-10-16)19-14-8-12-17-11-6-7-13-18(17)19/h6-7,11,13,16,19-21H,2-5,8-10,12,14-15H2,1H3. The summed E-state index contributed by atoms with van der Waals surface area (Å²) in [6.07, 6.45) is 12.8. The molecule has 0 aromatic heterocycles. The zero-order valence-electron chi connectivity index (χ0n) is 13.6. The summed E-state index contributed by atoms with van der Waals surface area (Å²) in [6.45, 7) is 3.37. The summed E-state index contributed by atoms with van der Waals surface area (Å²) in [4.78, 5) is 0. The molecule has 1 heteroatoms. The van der Waals surface area contributed by atoms with Crippen molar-refractivity contribution in [3.63, 3.8) is 0 Å². The molecule has 3 rings (SSSR count). The molecule has 0 amide bonds. The SMILES string of the molecule is CCNC(CC1CCCCC1)C1CCCc2ccccc21. The molecule has 0 heterocycles. The van der Waals surface area contributed by atoms with Crippen LogP contribution in [0.25, 0.3) is 0 Å². The van der Waals surface area contributed by atoms with Gasteiger partial charge in [-0.25, -0.2) is 0 Å². The molecule has 1 nitrogen and oxygen atoms in total. The Morgan fingerprint density at radius 3 is 2.67 bits per heavy atom. The molecule has 2 unspecified atom stereocenters. The zero-order valence-corrected chi connectivity index (χ0v) is 13.6. The normalized spacial score (nSPS) is 24.5. The minimum atomic E-state index is 0.694. The van der Waals surface area contributed by atoms with E-state index in [1.54, 1.807) is 11.1 Å². The molecule has 116 valence electrons. The van der Waals surface area contributed by atoms with Crippen molar-refractivity contribution in [3.05, 3.63) is 35.4 Å². The van der Waals surface area contributed by atoms with E-state index in [1.165, 1.54) is 57.8 Å². The van der Waals surface area contributed by atoms with Gasteiger partial charge in [-0.2, -0.15) is 0 Å². The first-order chi connectivity index (χ1) is 10.4. The summed E-state index contributed by atoms with van der Waals surface area (Å²) in [5.74, 6) is 1.72. The van der Waals surface area contributed by atoms with Crippen LogP contribution in [0.2, 0.25) is 0 Å². The maximum atomic E-state index is 3.84. The molecule has 0 saturated heterocycles. The molecule has 1 N–H and O–H groups in total. The lowest BCUT2D eigenvalue weighted by molar-refractivity contribution is 0.270. The fourth-order valence-corrected chi connectivity index (χ4v) is 4.64. The molecule has 1 aromatic rings. The first-order valence-electron chi connectivity index (χ1n) is 9.19. The minimum Gasteiger partial charge on any atom is -0.314 e. The van der Waals surface area contributed by atoms with E-state index in [9.17, 15) is 0 Å². The number of rotatable bonds is 5. The van der Waals surface area contributed by atoms with E-state index in [0.29, 0.717) is 6.04 Å². The number of aryl methyl sites for hydroxylation is 1. The van der Waals surface area contributed by atoms with Gasteiger partial charge in [-0.1, -0.05) is 63.3 Å². The Hall–Kier alpha value is -0.820. The lowest BCUT2D eigenvalue weighted by Crippen LogP contribution is -2.38. The topological polar surface area (TPSA) is 12.0 Å². The number of hydrogen-bond acceptors (Lipinski definition) is 1. The molecule has 0 aliphatic heterocycles.